The van der Waals surface area contributed by atoms with Crippen LogP contribution in [0.15, 0.2) is 41.5 Å². The summed E-state index contributed by atoms with van der Waals surface area (Å²) in [4.78, 5) is 16.7. The van der Waals surface area contributed by atoms with Gasteiger partial charge in [-0.25, -0.2) is 4.79 Å². The molecule has 82 valence electrons. The summed E-state index contributed by atoms with van der Waals surface area (Å²) in [6, 6.07) is 7.23. The number of ether oxygens (including phenoxy) is 2. The molecule has 5 heteroatoms. The predicted molar refractivity (Wildman–Crippen MR) is 57.9 cm³/mol. The highest BCUT2D eigenvalue weighted by molar-refractivity contribution is 5.41. The molecule has 0 atom stereocenters. The third-order valence-electron chi connectivity index (χ3n) is 1.94. The van der Waals surface area contributed by atoms with E-state index in [9.17, 15) is 4.79 Å². The van der Waals surface area contributed by atoms with E-state index < -0.39 is 5.69 Å². The van der Waals surface area contributed by atoms with Gasteiger partial charge in [-0.2, -0.15) is 4.98 Å². The van der Waals surface area contributed by atoms with Gasteiger partial charge >= 0.3 is 5.69 Å². The molecule has 1 heterocycles. The van der Waals surface area contributed by atoms with Gasteiger partial charge in [0.05, 0.1) is 19.5 Å². The van der Waals surface area contributed by atoms with Crippen LogP contribution < -0.4 is 15.2 Å². The van der Waals surface area contributed by atoms with Gasteiger partial charge in [-0.05, 0) is 12.1 Å². The molecule has 2 aromatic rings. The largest absolute Gasteiger partial charge is 0.493 e. The second-order valence-corrected chi connectivity index (χ2v) is 3.01. The van der Waals surface area contributed by atoms with E-state index in [-0.39, 0.29) is 0 Å². The van der Waals surface area contributed by atoms with Gasteiger partial charge < -0.3 is 14.5 Å². The van der Waals surface area contributed by atoms with Gasteiger partial charge in [0.25, 0.3) is 0 Å². The number of hydrogen-bond donors (Lipinski definition) is 1. The van der Waals surface area contributed by atoms with E-state index in [0.29, 0.717) is 17.2 Å². The summed E-state index contributed by atoms with van der Waals surface area (Å²) in [5, 5.41) is 0. The van der Waals surface area contributed by atoms with Crippen LogP contribution >= 0.6 is 0 Å². The summed E-state index contributed by atoms with van der Waals surface area (Å²) < 4.78 is 10.6. The number of nitrogens with one attached hydrogen (secondary N) is 1. The first-order valence-electron chi connectivity index (χ1n) is 4.65. The summed E-state index contributed by atoms with van der Waals surface area (Å²) in [5.41, 5.74) is -0.410. The fraction of sp³-hybridized carbons (Fsp3) is 0.0909. The first-order valence-corrected chi connectivity index (χ1v) is 4.65. The van der Waals surface area contributed by atoms with Crippen molar-refractivity contribution in [1.82, 2.24) is 9.97 Å². The molecule has 0 amide bonds. The van der Waals surface area contributed by atoms with Crippen LogP contribution in [0.25, 0.3) is 0 Å². The number of methoxy groups -OCH3 is 1. The van der Waals surface area contributed by atoms with Crippen LogP contribution in [0.3, 0.4) is 0 Å². The Bertz CT molecular complexity index is 516. The first-order chi connectivity index (χ1) is 7.79. The Kier molecular flexibility index (Phi) is 2.86. The Hall–Kier alpha value is -2.30. The number of benzene rings is 1. The maximum Gasteiger partial charge on any atom is 0.345 e. The predicted octanol–water partition coefficient (Wildman–Crippen LogP) is 1.57. The number of aromatic nitrogens is 2. The van der Waals surface area contributed by atoms with Crippen LogP contribution in [0, 0.1) is 0 Å². The average Bonchev–Trinajstić information content (AvgIpc) is 2.33. The van der Waals surface area contributed by atoms with Crippen LogP contribution in [0.4, 0.5) is 0 Å². The van der Waals surface area contributed by atoms with Crippen molar-refractivity contribution in [2.45, 2.75) is 0 Å². The molecule has 0 spiro atoms. The summed E-state index contributed by atoms with van der Waals surface area (Å²) in [5.74, 6) is 1.64. The Balaban J connectivity index is 2.26. The quantitative estimate of drug-likeness (QED) is 0.849. The number of rotatable bonds is 3. The molecular formula is C11H10N2O3. The van der Waals surface area contributed by atoms with E-state index in [1.165, 1.54) is 12.4 Å². The van der Waals surface area contributed by atoms with Crippen LogP contribution in [0.1, 0.15) is 0 Å². The molecule has 0 fully saturated rings. The highest BCUT2D eigenvalue weighted by atomic mass is 16.5. The Morgan fingerprint density at radius 3 is 2.62 bits per heavy atom. The normalized spacial score (nSPS) is 9.81. The topological polar surface area (TPSA) is 64.2 Å². The van der Waals surface area contributed by atoms with Crippen molar-refractivity contribution in [2.75, 3.05) is 7.11 Å². The lowest BCUT2D eigenvalue weighted by atomic mass is 10.3. The minimum atomic E-state index is -0.410. The lowest BCUT2D eigenvalue weighted by Crippen LogP contribution is -2.07. The van der Waals surface area contributed by atoms with E-state index in [1.54, 1.807) is 19.2 Å². The van der Waals surface area contributed by atoms with E-state index in [4.69, 9.17) is 9.47 Å². The second-order valence-electron chi connectivity index (χ2n) is 3.01. The lowest BCUT2D eigenvalue weighted by Gasteiger charge is -2.08. The monoisotopic (exact) mass is 218 g/mol. The Labute approximate surface area is 91.7 Å². The third-order valence-corrected chi connectivity index (χ3v) is 1.94. The number of para-hydroxylation sites is 2. The maximum absolute atomic E-state index is 10.8. The maximum atomic E-state index is 10.8. The van der Waals surface area contributed by atoms with E-state index in [1.807, 2.05) is 12.1 Å². The molecule has 1 aromatic heterocycles. The van der Waals surface area contributed by atoms with Crippen molar-refractivity contribution in [3.63, 3.8) is 0 Å². The van der Waals surface area contributed by atoms with Gasteiger partial charge in [0.2, 0.25) is 0 Å². The molecule has 0 aliphatic heterocycles. The molecule has 0 unspecified atom stereocenters. The van der Waals surface area contributed by atoms with Crippen molar-refractivity contribution in [3.05, 3.63) is 47.1 Å². The second kappa shape index (κ2) is 4.48. The molecule has 5 nitrogen and oxygen atoms in total. The van der Waals surface area contributed by atoms with Gasteiger partial charge in [-0.15, -0.1) is 0 Å². The highest BCUT2D eigenvalue weighted by Crippen LogP contribution is 2.29. The number of H-pyrrole nitrogens is 1. The molecule has 0 saturated heterocycles. The fourth-order valence-electron chi connectivity index (χ4n) is 1.22. The fourth-order valence-corrected chi connectivity index (χ4v) is 1.22. The molecule has 1 N–H and O–H groups in total. The summed E-state index contributed by atoms with van der Waals surface area (Å²) in [7, 11) is 1.56. The molecule has 0 aliphatic carbocycles. The zero-order valence-electron chi connectivity index (χ0n) is 8.64. The molecule has 0 aliphatic rings. The highest BCUT2D eigenvalue weighted by Gasteiger charge is 2.03. The number of nitrogens with zero attached hydrogens (tertiary/aromatic N) is 1. The average molecular weight is 218 g/mol. The number of hydrogen-bond acceptors (Lipinski definition) is 4. The van der Waals surface area contributed by atoms with Gasteiger partial charge in [0, 0.05) is 0 Å². The zero-order valence-corrected chi connectivity index (χ0v) is 8.64. The van der Waals surface area contributed by atoms with Crippen molar-refractivity contribution < 1.29 is 9.47 Å². The van der Waals surface area contributed by atoms with Crippen molar-refractivity contribution >= 4 is 0 Å². The van der Waals surface area contributed by atoms with Crippen molar-refractivity contribution in [3.8, 4) is 17.2 Å². The standard InChI is InChI=1S/C11H10N2O3/c1-15-9-4-2-3-5-10(9)16-8-6-12-11(14)13-7-8/h2-7H,1H3,(H,12,13,14). The molecule has 0 saturated carbocycles. The van der Waals surface area contributed by atoms with Crippen molar-refractivity contribution in [1.29, 1.82) is 0 Å². The number of aromatic amines is 1. The van der Waals surface area contributed by atoms with Crippen molar-refractivity contribution in [2.24, 2.45) is 0 Å². The van der Waals surface area contributed by atoms with Gasteiger partial charge in [-0.3, -0.25) is 0 Å². The summed E-state index contributed by atoms with van der Waals surface area (Å²) >= 11 is 0. The van der Waals surface area contributed by atoms with Crippen LogP contribution in [-0.4, -0.2) is 17.1 Å². The van der Waals surface area contributed by atoms with E-state index >= 15 is 0 Å². The molecular weight excluding hydrogens is 208 g/mol. The minimum absolute atomic E-state index is 0.410. The van der Waals surface area contributed by atoms with Gasteiger partial charge in [0.15, 0.2) is 17.2 Å². The minimum Gasteiger partial charge on any atom is -0.493 e. The van der Waals surface area contributed by atoms with Crippen LogP contribution in [0.5, 0.6) is 17.2 Å². The van der Waals surface area contributed by atoms with E-state index in [2.05, 4.69) is 9.97 Å². The Morgan fingerprint density at radius 2 is 2.00 bits per heavy atom. The Morgan fingerprint density at radius 1 is 1.25 bits per heavy atom. The molecule has 16 heavy (non-hydrogen) atoms. The lowest BCUT2D eigenvalue weighted by molar-refractivity contribution is 0.377. The smallest absolute Gasteiger partial charge is 0.345 e. The SMILES string of the molecule is COc1ccccc1Oc1cnc(=O)[nH]c1. The molecule has 2 rings (SSSR count). The summed E-state index contributed by atoms with van der Waals surface area (Å²) in [6.07, 6.45) is 2.80. The summed E-state index contributed by atoms with van der Waals surface area (Å²) in [6.45, 7) is 0. The van der Waals surface area contributed by atoms with Crippen LogP contribution in [0.2, 0.25) is 0 Å². The molecule has 0 radical (unpaired) electrons. The van der Waals surface area contributed by atoms with Gasteiger partial charge in [-0.1, -0.05) is 12.1 Å². The van der Waals surface area contributed by atoms with Gasteiger partial charge in [0.1, 0.15) is 0 Å². The van der Waals surface area contributed by atoms with E-state index in [0.717, 1.165) is 0 Å². The molecule has 0 bridgehead atoms. The molecule has 1 aromatic carbocycles. The third kappa shape index (κ3) is 2.20. The van der Waals surface area contributed by atoms with Crippen LogP contribution in [-0.2, 0) is 0 Å². The first kappa shape index (κ1) is 10.2. The zero-order chi connectivity index (χ0) is 11.4.